The second-order valence-electron chi connectivity index (χ2n) is 7.33. The molecule has 3 aromatic rings. The number of carbonyl (C=O) groups is 2. The number of rotatable bonds is 6. The summed E-state index contributed by atoms with van der Waals surface area (Å²) < 4.78 is 31.7. The minimum Gasteiger partial charge on any atom is -0.484 e. The molecule has 0 unspecified atom stereocenters. The molecule has 1 aliphatic rings. The number of carbonyl (C=O) groups excluding carboxylic acids is 2. The normalized spacial score (nSPS) is 15.9. The van der Waals surface area contributed by atoms with Gasteiger partial charge in [0.05, 0.1) is 0 Å². The molecule has 7 nitrogen and oxygen atoms in total. The third-order valence-electron chi connectivity index (χ3n) is 5.02. The van der Waals surface area contributed by atoms with E-state index in [1.54, 1.807) is 11.0 Å². The quantitative estimate of drug-likeness (QED) is 0.607. The summed E-state index contributed by atoms with van der Waals surface area (Å²) in [6, 6.07) is 11.1. The molecular weight excluding hydrogens is 438 g/mol. The molecule has 166 valence electrons. The summed E-state index contributed by atoms with van der Waals surface area (Å²) in [5.41, 5.74) is 0.336. The summed E-state index contributed by atoms with van der Waals surface area (Å²) in [6.45, 7) is 0.912. The highest BCUT2D eigenvalue weighted by Gasteiger charge is 2.28. The zero-order valence-corrected chi connectivity index (χ0v) is 17.8. The number of likely N-dealkylation sites (tertiary alicyclic amines) is 1. The van der Waals surface area contributed by atoms with Crippen molar-refractivity contribution in [3.05, 3.63) is 70.2 Å². The maximum Gasteiger partial charge on any atom is 0.286 e. The van der Waals surface area contributed by atoms with Crippen molar-refractivity contribution in [3.8, 4) is 5.75 Å². The van der Waals surface area contributed by atoms with Crippen molar-refractivity contribution in [2.75, 3.05) is 25.0 Å². The molecule has 2 heterocycles. The molecule has 1 fully saturated rings. The average Bonchev–Trinajstić information content (AvgIpc) is 3.29. The number of hydrogen-bond donors (Lipinski definition) is 1. The van der Waals surface area contributed by atoms with E-state index < -0.39 is 11.7 Å². The molecule has 10 heteroatoms. The fraction of sp³-hybridized carbons (Fsp3) is 0.273. The van der Waals surface area contributed by atoms with E-state index in [9.17, 15) is 18.4 Å². The molecule has 0 bridgehead atoms. The Labute approximate surface area is 187 Å². The number of nitrogens with one attached hydrogen (secondary N) is 1. The topological polar surface area (TPSA) is 84.4 Å². The lowest BCUT2D eigenvalue weighted by Crippen LogP contribution is -2.41. The lowest BCUT2D eigenvalue weighted by Gasteiger charge is -2.31. The van der Waals surface area contributed by atoms with Gasteiger partial charge in [-0.3, -0.25) is 9.59 Å². The molecule has 1 aliphatic heterocycles. The van der Waals surface area contributed by atoms with E-state index in [0.717, 1.165) is 24.2 Å². The molecule has 2 amide bonds. The number of halogens is 2. The molecule has 0 saturated carbocycles. The highest BCUT2D eigenvalue weighted by molar-refractivity contribution is 7.13. The molecule has 32 heavy (non-hydrogen) atoms. The van der Waals surface area contributed by atoms with Crippen LogP contribution in [0.5, 0.6) is 5.75 Å². The number of aromatic nitrogens is 2. The van der Waals surface area contributed by atoms with Crippen LogP contribution in [0.1, 0.15) is 33.6 Å². The Morgan fingerprint density at radius 2 is 1.94 bits per heavy atom. The first-order valence-corrected chi connectivity index (χ1v) is 10.9. The van der Waals surface area contributed by atoms with Gasteiger partial charge in [0.15, 0.2) is 6.61 Å². The predicted molar refractivity (Wildman–Crippen MR) is 115 cm³/mol. The molecule has 0 radical (unpaired) electrons. The van der Waals surface area contributed by atoms with Crippen LogP contribution < -0.4 is 10.1 Å². The van der Waals surface area contributed by atoms with Gasteiger partial charge in [-0.2, -0.15) is 0 Å². The van der Waals surface area contributed by atoms with Crippen LogP contribution in [0.4, 0.5) is 14.5 Å². The Kier molecular flexibility index (Phi) is 6.69. The van der Waals surface area contributed by atoms with Gasteiger partial charge in [-0.05, 0) is 55.3 Å². The summed E-state index contributed by atoms with van der Waals surface area (Å²) >= 11 is 1.16. The van der Waals surface area contributed by atoms with Gasteiger partial charge in [-0.25, -0.2) is 8.78 Å². The first-order chi connectivity index (χ1) is 15.5. The van der Waals surface area contributed by atoms with Gasteiger partial charge in [0.2, 0.25) is 5.01 Å². The first kappa shape index (κ1) is 21.8. The van der Waals surface area contributed by atoms with Gasteiger partial charge in [0.1, 0.15) is 22.4 Å². The number of benzene rings is 2. The number of anilines is 1. The maximum absolute atomic E-state index is 13.3. The van der Waals surface area contributed by atoms with Crippen LogP contribution in [0.2, 0.25) is 0 Å². The van der Waals surface area contributed by atoms with Crippen molar-refractivity contribution in [1.29, 1.82) is 0 Å². The van der Waals surface area contributed by atoms with Gasteiger partial charge in [-0.15, -0.1) is 10.2 Å². The molecule has 0 spiro atoms. The van der Waals surface area contributed by atoms with E-state index in [1.165, 1.54) is 42.5 Å². The second-order valence-corrected chi connectivity index (χ2v) is 8.34. The summed E-state index contributed by atoms with van der Waals surface area (Å²) in [7, 11) is 0. The SMILES string of the molecule is O=C(Nc1cccc(F)c1)c1nnc([C@H]2CCCN(C(=O)COc3ccc(F)cc3)C2)s1. The van der Waals surface area contributed by atoms with Gasteiger partial charge in [-0.1, -0.05) is 17.4 Å². The van der Waals surface area contributed by atoms with Crippen LogP contribution in [0, 0.1) is 11.6 Å². The van der Waals surface area contributed by atoms with Crippen LogP contribution >= 0.6 is 11.3 Å². The molecule has 0 aliphatic carbocycles. The predicted octanol–water partition coefficient (Wildman–Crippen LogP) is 3.85. The van der Waals surface area contributed by atoms with Crippen molar-refractivity contribution >= 4 is 28.8 Å². The lowest BCUT2D eigenvalue weighted by molar-refractivity contribution is -0.134. The van der Waals surface area contributed by atoms with E-state index in [4.69, 9.17) is 4.74 Å². The minimum atomic E-state index is -0.462. The summed E-state index contributed by atoms with van der Waals surface area (Å²) in [6.07, 6.45) is 1.61. The standard InChI is InChI=1S/C22H20F2N4O3S/c23-15-6-8-18(9-7-15)31-13-19(29)28-10-2-3-14(12-28)21-26-27-22(32-21)20(30)25-17-5-1-4-16(24)11-17/h1,4-9,11,14H,2-3,10,12-13H2,(H,25,30)/t14-/m0/s1. The Morgan fingerprint density at radius 3 is 2.72 bits per heavy atom. The number of ether oxygens (including phenoxy) is 1. The number of hydrogen-bond acceptors (Lipinski definition) is 6. The van der Waals surface area contributed by atoms with Crippen molar-refractivity contribution in [3.63, 3.8) is 0 Å². The summed E-state index contributed by atoms with van der Waals surface area (Å²) in [4.78, 5) is 26.7. The Hall–Kier alpha value is -3.40. The zero-order chi connectivity index (χ0) is 22.5. The third kappa shape index (κ3) is 5.44. The molecule has 1 atom stereocenters. The van der Waals surface area contributed by atoms with Crippen LogP contribution in [0.15, 0.2) is 48.5 Å². The molecule has 1 N–H and O–H groups in total. The largest absolute Gasteiger partial charge is 0.484 e. The summed E-state index contributed by atoms with van der Waals surface area (Å²) in [5, 5.41) is 11.6. The van der Waals surface area contributed by atoms with E-state index in [0.29, 0.717) is 29.5 Å². The van der Waals surface area contributed by atoms with E-state index in [2.05, 4.69) is 15.5 Å². The minimum absolute atomic E-state index is 0.0354. The van der Waals surface area contributed by atoms with Crippen molar-refractivity contribution in [1.82, 2.24) is 15.1 Å². The van der Waals surface area contributed by atoms with Crippen molar-refractivity contribution in [2.45, 2.75) is 18.8 Å². The lowest BCUT2D eigenvalue weighted by atomic mass is 9.99. The fourth-order valence-corrected chi connectivity index (χ4v) is 4.28. The third-order valence-corrected chi connectivity index (χ3v) is 6.10. The van der Waals surface area contributed by atoms with Gasteiger partial charge >= 0.3 is 0 Å². The number of piperidine rings is 1. The summed E-state index contributed by atoms with van der Waals surface area (Å²) in [5.74, 6) is -1.07. The monoisotopic (exact) mass is 458 g/mol. The molecule has 2 aromatic carbocycles. The molecule has 4 rings (SSSR count). The molecule has 1 saturated heterocycles. The Morgan fingerprint density at radius 1 is 1.12 bits per heavy atom. The van der Waals surface area contributed by atoms with Gasteiger partial charge in [0.25, 0.3) is 11.8 Å². The van der Waals surface area contributed by atoms with E-state index in [-0.39, 0.29) is 29.3 Å². The Bertz CT molecular complexity index is 1110. The highest BCUT2D eigenvalue weighted by Crippen LogP contribution is 2.29. The maximum atomic E-state index is 13.3. The van der Waals surface area contributed by atoms with Crippen LogP contribution in [0.25, 0.3) is 0 Å². The second kappa shape index (κ2) is 9.82. The number of nitrogens with zero attached hydrogens (tertiary/aromatic N) is 3. The first-order valence-electron chi connectivity index (χ1n) is 10.0. The van der Waals surface area contributed by atoms with Crippen LogP contribution in [0.3, 0.4) is 0 Å². The fourth-order valence-electron chi connectivity index (χ4n) is 3.41. The van der Waals surface area contributed by atoms with Crippen molar-refractivity contribution in [2.24, 2.45) is 0 Å². The van der Waals surface area contributed by atoms with Crippen molar-refractivity contribution < 1.29 is 23.1 Å². The van der Waals surface area contributed by atoms with Crippen LogP contribution in [-0.2, 0) is 4.79 Å². The van der Waals surface area contributed by atoms with Gasteiger partial charge < -0.3 is 15.0 Å². The Balaban J connectivity index is 1.34. The zero-order valence-electron chi connectivity index (χ0n) is 17.0. The van der Waals surface area contributed by atoms with E-state index in [1.807, 2.05) is 0 Å². The van der Waals surface area contributed by atoms with Gasteiger partial charge in [0, 0.05) is 24.7 Å². The average molecular weight is 458 g/mol. The smallest absolute Gasteiger partial charge is 0.286 e. The number of amides is 2. The molecule has 1 aromatic heterocycles. The van der Waals surface area contributed by atoms with Crippen LogP contribution in [-0.4, -0.2) is 46.6 Å². The highest BCUT2D eigenvalue weighted by atomic mass is 32.1. The molecular formula is C22H20F2N4O3S. The van der Waals surface area contributed by atoms with E-state index >= 15 is 0 Å².